The highest BCUT2D eigenvalue weighted by molar-refractivity contribution is 6.00. The van der Waals surface area contributed by atoms with Gasteiger partial charge in [0.1, 0.15) is 22.9 Å². The van der Waals surface area contributed by atoms with Gasteiger partial charge in [0.15, 0.2) is 5.82 Å². The van der Waals surface area contributed by atoms with Gasteiger partial charge in [0.05, 0.1) is 12.5 Å². The van der Waals surface area contributed by atoms with E-state index in [1.54, 1.807) is 13.2 Å². The highest BCUT2D eigenvalue weighted by atomic mass is 16.5. The normalized spacial score (nSPS) is 13.2. The fourth-order valence-electron chi connectivity index (χ4n) is 4.57. The smallest absolute Gasteiger partial charge is 0.270 e. The maximum atomic E-state index is 13.5. The molecule has 0 saturated heterocycles. The lowest BCUT2D eigenvalue weighted by atomic mass is 9.98. The summed E-state index contributed by atoms with van der Waals surface area (Å²) in [6, 6.07) is 19.4. The van der Waals surface area contributed by atoms with Crippen LogP contribution in [0.2, 0.25) is 0 Å². The second kappa shape index (κ2) is 11.2. The number of fused-ring (bicyclic) bond motifs is 1. The quantitative estimate of drug-likeness (QED) is 0.308. The zero-order chi connectivity index (χ0) is 26.5. The molecular weight excluding hydrogens is 480 g/mol. The number of carbonyl (C=O) groups excluding carboxylic acids is 2. The summed E-state index contributed by atoms with van der Waals surface area (Å²) < 4.78 is 5.51. The van der Waals surface area contributed by atoms with Crippen molar-refractivity contribution in [1.29, 1.82) is 0 Å². The molecular formula is C29H30N6O3. The minimum absolute atomic E-state index is 0.0937. The van der Waals surface area contributed by atoms with Crippen LogP contribution in [0, 0.1) is 0 Å². The van der Waals surface area contributed by atoms with Crippen LogP contribution < -0.4 is 15.4 Å². The van der Waals surface area contributed by atoms with Crippen LogP contribution in [-0.2, 0) is 4.79 Å². The van der Waals surface area contributed by atoms with Crippen LogP contribution in [-0.4, -0.2) is 65.0 Å². The van der Waals surface area contributed by atoms with Crippen LogP contribution in [0.4, 0.5) is 5.82 Å². The van der Waals surface area contributed by atoms with Gasteiger partial charge in [-0.25, -0.2) is 9.97 Å². The van der Waals surface area contributed by atoms with E-state index in [0.29, 0.717) is 49.2 Å². The molecule has 0 unspecified atom stereocenters. The molecule has 0 radical (unpaired) electrons. The summed E-state index contributed by atoms with van der Waals surface area (Å²) in [5.41, 5.74) is 4.13. The number of amides is 2. The zero-order valence-electron chi connectivity index (χ0n) is 21.5. The van der Waals surface area contributed by atoms with E-state index in [4.69, 9.17) is 14.7 Å². The molecule has 0 aliphatic carbocycles. The number of para-hydroxylation sites is 1. The summed E-state index contributed by atoms with van der Waals surface area (Å²) in [7, 11) is 1.67. The molecule has 38 heavy (non-hydrogen) atoms. The number of hydrogen-bond donors (Lipinski definition) is 3. The number of H-pyrrole nitrogens is 1. The Morgan fingerprint density at radius 1 is 1.05 bits per heavy atom. The summed E-state index contributed by atoms with van der Waals surface area (Å²) in [6.07, 6.45) is 2.82. The number of methoxy groups -OCH3 is 1. The van der Waals surface area contributed by atoms with E-state index in [2.05, 4.69) is 21.7 Å². The molecule has 0 spiro atoms. The predicted molar refractivity (Wildman–Crippen MR) is 148 cm³/mol. The largest absolute Gasteiger partial charge is 0.496 e. The molecule has 9 heteroatoms. The topological polar surface area (TPSA) is 112 Å². The van der Waals surface area contributed by atoms with Gasteiger partial charge in [-0.3, -0.25) is 9.59 Å². The van der Waals surface area contributed by atoms with Crippen molar-refractivity contribution in [1.82, 2.24) is 25.2 Å². The van der Waals surface area contributed by atoms with E-state index < -0.39 is 0 Å². The lowest BCUT2D eigenvalue weighted by Gasteiger charge is -2.26. The molecule has 9 nitrogen and oxygen atoms in total. The number of hydrogen-bond acceptors (Lipinski definition) is 6. The molecule has 4 aromatic rings. The van der Waals surface area contributed by atoms with E-state index in [1.807, 2.05) is 59.5 Å². The van der Waals surface area contributed by atoms with Crippen LogP contribution in [0.1, 0.15) is 29.4 Å². The number of ether oxygens (including phenoxy) is 1. The third kappa shape index (κ3) is 5.36. The minimum Gasteiger partial charge on any atom is -0.496 e. The zero-order valence-corrected chi connectivity index (χ0v) is 21.5. The molecule has 2 amide bonds. The van der Waals surface area contributed by atoms with Crippen LogP contribution in [0.5, 0.6) is 5.75 Å². The van der Waals surface area contributed by atoms with E-state index >= 15 is 0 Å². The van der Waals surface area contributed by atoms with Crippen LogP contribution >= 0.6 is 0 Å². The Hall–Kier alpha value is -4.66. The number of carbonyl (C=O) groups is 2. The molecule has 0 atom stereocenters. The first kappa shape index (κ1) is 25.0. The maximum absolute atomic E-state index is 13.5. The Labute approximate surface area is 220 Å². The summed E-state index contributed by atoms with van der Waals surface area (Å²) in [6.45, 7) is 3.52. The van der Waals surface area contributed by atoms with E-state index in [9.17, 15) is 9.59 Å². The summed E-state index contributed by atoms with van der Waals surface area (Å²) in [4.78, 5) is 39.2. The lowest BCUT2D eigenvalue weighted by molar-refractivity contribution is -0.118. The molecule has 2 aromatic heterocycles. The molecule has 5 rings (SSSR count). The average molecular weight is 511 g/mol. The Kier molecular flexibility index (Phi) is 7.35. The van der Waals surface area contributed by atoms with Gasteiger partial charge in [-0.2, -0.15) is 0 Å². The van der Waals surface area contributed by atoms with Gasteiger partial charge >= 0.3 is 0 Å². The van der Waals surface area contributed by atoms with E-state index in [-0.39, 0.29) is 11.8 Å². The molecule has 194 valence electrons. The Morgan fingerprint density at radius 2 is 1.84 bits per heavy atom. The molecule has 1 aliphatic heterocycles. The second-order valence-corrected chi connectivity index (χ2v) is 9.05. The molecule has 3 N–H and O–H groups in total. The van der Waals surface area contributed by atoms with Crippen LogP contribution in [0.3, 0.4) is 0 Å². The number of rotatable bonds is 8. The van der Waals surface area contributed by atoms with Crippen molar-refractivity contribution in [2.75, 3.05) is 38.6 Å². The molecule has 3 heterocycles. The highest BCUT2D eigenvalue weighted by Crippen LogP contribution is 2.31. The average Bonchev–Trinajstić information content (AvgIpc) is 3.40. The number of nitrogens with zero attached hydrogens (tertiary/aromatic N) is 3. The second-order valence-electron chi connectivity index (χ2n) is 9.05. The maximum Gasteiger partial charge on any atom is 0.270 e. The van der Waals surface area contributed by atoms with Gasteiger partial charge < -0.3 is 25.3 Å². The van der Waals surface area contributed by atoms with Crippen molar-refractivity contribution < 1.29 is 14.3 Å². The lowest BCUT2D eigenvalue weighted by Crippen LogP contribution is -2.34. The van der Waals surface area contributed by atoms with Crippen LogP contribution in [0.15, 0.2) is 66.7 Å². The fourth-order valence-corrected chi connectivity index (χ4v) is 4.57. The van der Waals surface area contributed by atoms with Gasteiger partial charge in [0.2, 0.25) is 5.91 Å². The van der Waals surface area contributed by atoms with Gasteiger partial charge in [-0.15, -0.1) is 0 Å². The first-order chi connectivity index (χ1) is 18.5. The van der Waals surface area contributed by atoms with E-state index in [1.165, 1.54) is 12.5 Å². The van der Waals surface area contributed by atoms with Gasteiger partial charge in [-0.05, 0) is 24.1 Å². The standard InChI is InChI=1S/C29H30N6O3/c1-19(36)30-14-15-31-27-23-18-24(32-28(23)34-26(33-27)21-8-4-3-5-9-21)29(37)35-16-12-20(13-17-35)22-10-6-7-11-25(22)38-2/h3-12,18H,13-17H2,1-2H3,(H,30,36)(H2,31,32,33,34). The third-order valence-corrected chi connectivity index (χ3v) is 6.49. The predicted octanol–water partition coefficient (Wildman–Crippen LogP) is 4.11. The van der Waals surface area contributed by atoms with Crippen molar-refractivity contribution in [3.8, 4) is 17.1 Å². The molecule has 2 aromatic carbocycles. The number of aromatic nitrogens is 3. The van der Waals surface area contributed by atoms with E-state index in [0.717, 1.165) is 28.7 Å². The molecule has 0 saturated carbocycles. The molecule has 0 fully saturated rings. The van der Waals surface area contributed by atoms with Crippen molar-refractivity contribution >= 4 is 34.2 Å². The Balaban J connectivity index is 1.40. The third-order valence-electron chi connectivity index (χ3n) is 6.49. The first-order valence-electron chi connectivity index (χ1n) is 12.6. The molecule has 1 aliphatic rings. The fraction of sp³-hybridized carbons (Fsp3) is 0.241. The SMILES string of the molecule is COc1ccccc1C1=CCN(C(=O)c2cc3c(NCCNC(C)=O)nc(-c4ccccc4)nc3[nH]2)CC1. The minimum atomic E-state index is -0.0939. The summed E-state index contributed by atoms with van der Waals surface area (Å²) >= 11 is 0. The van der Waals surface area contributed by atoms with Gasteiger partial charge in [0.25, 0.3) is 5.91 Å². The number of anilines is 1. The van der Waals surface area contributed by atoms with Gasteiger partial charge in [0, 0.05) is 44.2 Å². The highest BCUT2D eigenvalue weighted by Gasteiger charge is 2.23. The summed E-state index contributed by atoms with van der Waals surface area (Å²) in [5, 5.41) is 6.78. The van der Waals surface area contributed by atoms with Crippen molar-refractivity contribution in [2.24, 2.45) is 0 Å². The monoisotopic (exact) mass is 510 g/mol. The first-order valence-corrected chi connectivity index (χ1v) is 12.6. The van der Waals surface area contributed by atoms with Crippen molar-refractivity contribution in [3.05, 3.63) is 78.0 Å². The number of benzene rings is 2. The Morgan fingerprint density at radius 3 is 2.58 bits per heavy atom. The van der Waals surface area contributed by atoms with Gasteiger partial charge in [-0.1, -0.05) is 54.6 Å². The van der Waals surface area contributed by atoms with Crippen molar-refractivity contribution in [3.63, 3.8) is 0 Å². The molecule has 0 bridgehead atoms. The Bertz CT molecular complexity index is 1490. The van der Waals surface area contributed by atoms with Crippen LogP contribution in [0.25, 0.3) is 28.0 Å². The number of aromatic amines is 1. The number of nitrogens with one attached hydrogen (secondary N) is 3. The summed E-state index contributed by atoms with van der Waals surface area (Å²) in [5.74, 6) is 1.79. The van der Waals surface area contributed by atoms with Crippen molar-refractivity contribution in [2.45, 2.75) is 13.3 Å².